The van der Waals surface area contributed by atoms with Crippen LogP contribution in [0.15, 0.2) is 12.8 Å². The number of alkyl halides is 2. The standard InChI is InChI=1S/C24H32Cl2F2N2O2/c1-5-32-15(4)23-22(26)19(20(25)12-29-23)11-21(31)30-10-9-18-16(13(2)24(27)28)7-6-8-17(18)14(30)3/h12-14,16-18,24H,4-11H2,1-3H3. The molecule has 4 nitrogen and oxygen atoms in total. The topological polar surface area (TPSA) is 42.4 Å². The molecule has 2 aliphatic rings. The van der Waals surface area contributed by atoms with E-state index in [0.717, 1.165) is 25.7 Å². The van der Waals surface area contributed by atoms with Crippen LogP contribution in [0.5, 0.6) is 0 Å². The minimum Gasteiger partial charge on any atom is -0.492 e. The van der Waals surface area contributed by atoms with Crippen molar-refractivity contribution in [2.45, 2.75) is 65.3 Å². The molecular weight excluding hydrogens is 457 g/mol. The van der Waals surface area contributed by atoms with Gasteiger partial charge >= 0.3 is 0 Å². The molecule has 1 aromatic heterocycles. The summed E-state index contributed by atoms with van der Waals surface area (Å²) in [7, 11) is 0. The Morgan fingerprint density at radius 3 is 2.69 bits per heavy atom. The summed E-state index contributed by atoms with van der Waals surface area (Å²) in [6.07, 6.45) is 2.71. The van der Waals surface area contributed by atoms with E-state index in [1.54, 1.807) is 6.92 Å². The summed E-state index contributed by atoms with van der Waals surface area (Å²) in [5, 5.41) is 0.595. The van der Waals surface area contributed by atoms with Crippen molar-refractivity contribution < 1.29 is 18.3 Å². The molecule has 1 aromatic rings. The first-order valence-electron chi connectivity index (χ1n) is 11.4. The first kappa shape index (κ1) is 25.2. The lowest BCUT2D eigenvalue weighted by Gasteiger charge is -2.50. The fraction of sp³-hybridized carbons (Fsp3) is 0.667. The molecular formula is C24H32Cl2F2N2O2. The van der Waals surface area contributed by atoms with Gasteiger partial charge in [0.1, 0.15) is 11.5 Å². The van der Waals surface area contributed by atoms with Crippen molar-refractivity contribution in [3.8, 4) is 0 Å². The summed E-state index contributed by atoms with van der Waals surface area (Å²) < 4.78 is 32.3. The highest BCUT2D eigenvalue weighted by atomic mass is 35.5. The molecule has 0 bridgehead atoms. The molecule has 1 saturated heterocycles. The van der Waals surface area contributed by atoms with Crippen LogP contribution in [0.4, 0.5) is 8.78 Å². The Bertz CT molecular complexity index is 852. The average molecular weight is 489 g/mol. The van der Waals surface area contributed by atoms with Gasteiger partial charge in [0.05, 0.1) is 23.1 Å². The van der Waals surface area contributed by atoms with E-state index in [0.29, 0.717) is 35.2 Å². The van der Waals surface area contributed by atoms with Gasteiger partial charge in [-0.1, -0.05) is 43.1 Å². The molecule has 1 saturated carbocycles. The Labute approximate surface area is 199 Å². The van der Waals surface area contributed by atoms with E-state index in [-0.39, 0.29) is 41.1 Å². The first-order chi connectivity index (χ1) is 15.2. The van der Waals surface area contributed by atoms with E-state index in [1.807, 2.05) is 18.7 Å². The fourth-order valence-electron chi connectivity index (χ4n) is 5.63. The van der Waals surface area contributed by atoms with Gasteiger partial charge in [0.15, 0.2) is 0 Å². The third-order valence-electron chi connectivity index (χ3n) is 7.36. The maximum atomic E-state index is 13.4. The van der Waals surface area contributed by atoms with Gasteiger partial charge in [0.25, 0.3) is 0 Å². The summed E-state index contributed by atoms with van der Waals surface area (Å²) in [6, 6.07) is -0.00817. The molecule has 32 heavy (non-hydrogen) atoms. The maximum absolute atomic E-state index is 13.4. The van der Waals surface area contributed by atoms with Crippen LogP contribution in [-0.4, -0.2) is 41.4 Å². The molecule has 0 N–H and O–H groups in total. The van der Waals surface area contributed by atoms with Crippen LogP contribution in [0, 0.1) is 23.7 Å². The number of halogens is 4. The lowest BCUT2D eigenvalue weighted by molar-refractivity contribution is -0.139. The van der Waals surface area contributed by atoms with E-state index >= 15 is 0 Å². The summed E-state index contributed by atoms with van der Waals surface area (Å²) in [6.45, 7) is 10.4. The maximum Gasteiger partial charge on any atom is 0.241 e. The number of fused-ring (bicyclic) bond motifs is 1. The Balaban J connectivity index is 1.76. The molecule has 2 fully saturated rings. The van der Waals surface area contributed by atoms with Gasteiger partial charge in [-0.3, -0.25) is 4.79 Å². The van der Waals surface area contributed by atoms with E-state index in [1.165, 1.54) is 6.20 Å². The zero-order valence-corrected chi connectivity index (χ0v) is 20.4. The minimum absolute atomic E-state index is 0.00817. The zero-order valence-electron chi connectivity index (χ0n) is 18.9. The molecule has 5 atom stereocenters. The molecule has 1 amide bonds. The minimum atomic E-state index is -2.30. The molecule has 1 aliphatic heterocycles. The van der Waals surface area contributed by atoms with Crippen LogP contribution >= 0.6 is 23.2 Å². The number of amides is 1. The van der Waals surface area contributed by atoms with Crippen molar-refractivity contribution in [1.82, 2.24) is 9.88 Å². The van der Waals surface area contributed by atoms with Gasteiger partial charge in [-0.2, -0.15) is 0 Å². The molecule has 178 valence electrons. The number of piperidine rings is 1. The third-order valence-corrected chi connectivity index (χ3v) is 8.09. The number of pyridine rings is 1. The normalized spacial score (nSPS) is 26.6. The highest BCUT2D eigenvalue weighted by Crippen LogP contribution is 2.47. The molecule has 0 radical (unpaired) electrons. The van der Waals surface area contributed by atoms with Crippen LogP contribution in [-0.2, 0) is 16.0 Å². The number of nitrogens with zero attached hydrogens (tertiary/aromatic N) is 2. The molecule has 0 aromatic carbocycles. The summed E-state index contributed by atoms with van der Waals surface area (Å²) in [5.41, 5.74) is 0.884. The lowest BCUT2D eigenvalue weighted by atomic mass is 9.62. The Kier molecular flexibility index (Phi) is 8.42. The number of hydrogen-bond donors (Lipinski definition) is 0. The van der Waals surface area contributed by atoms with E-state index in [4.69, 9.17) is 27.9 Å². The number of ether oxygens (including phenoxy) is 1. The number of likely N-dealkylation sites (tertiary alicyclic amines) is 1. The predicted octanol–water partition coefficient (Wildman–Crippen LogP) is 6.49. The second-order valence-electron chi connectivity index (χ2n) is 9.01. The van der Waals surface area contributed by atoms with Crippen molar-refractivity contribution in [1.29, 1.82) is 0 Å². The zero-order chi connectivity index (χ0) is 23.6. The monoisotopic (exact) mass is 488 g/mol. The highest BCUT2D eigenvalue weighted by molar-refractivity contribution is 6.37. The summed E-state index contributed by atoms with van der Waals surface area (Å²) >= 11 is 12.9. The average Bonchev–Trinajstić information content (AvgIpc) is 2.76. The number of carbonyl (C=O) groups excluding carboxylic acids is 1. The fourth-order valence-corrected chi connectivity index (χ4v) is 6.21. The van der Waals surface area contributed by atoms with Crippen LogP contribution in [0.2, 0.25) is 10.0 Å². The quantitative estimate of drug-likeness (QED) is 0.411. The van der Waals surface area contributed by atoms with Gasteiger partial charge in [-0.15, -0.1) is 0 Å². The van der Waals surface area contributed by atoms with Crippen molar-refractivity contribution in [2.24, 2.45) is 23.7 Å². The Hall–Kier alpha value is -1.40. The Morgan fingerprint density at radius 1 is 1.31 bits per heavy atom. The number of hydrogen-bond acceptors (Lipinski definition) is 3. The van der Waals surface area contributed by atoms with Crippen molar-refractivity contribution in [3.63, 3.8) is 0 Å². The van der Waals surface area contributed by atoms with E-state index in [9.17, 15) is 13.6 Å². The van der Waals surface area contributed by atoms with Gasteiger partial charge in [-0.05, 0) is 50.9 Å². The van der Waals surface area contributed by atoms with Crippen molar-refractivity contribution >= 4 is 34.9 Å². The summed E-state index contributed by atoms with van der Waals surface area (Å²) in [4.78, 5) is 19.4. The molecule has 2 heterocycles. The smallest absolute Gasteiger partial charge is 0.241 e. The second-order valence-corrected chi connectivity index (χ2v) is 9.80. The second kappa shape index (κ2) is 10.7. The molecule has 5 unspecified atom stereocenters. The highest BCUT2D eigenvalue weighted by Gasteiger charge is 2.45. The third kappa shape index (κ3) is 5.06. The van der Waals surface area contributed by atoms with E-state index < -0.39 is 12.3 Å². The SMILES string of the molecule is C=C(OCC)c1ncc(Cl)c(CC(=O)N2CCC3C(C(C)C(F)F)CCCC3C2C)c1Cl. The molecule has 0 spiro atoms. The van der Waals surface area contributed by atoms with Crippen LogP contribution in [0.3, 0.4) is 0 Å². The van der Waals surface area contributed by atoms with Gasteiger partial charge < -0.3 is 9.64 Å². The van der Waals surface area contributed by atoms with Gasteiger partial charge in [0, 0.05) is 30.3 Å². The molecule has 8 heteroatoms. The van der Waals surface area contributed by atoms with Gasteiger partial charge in [0.2, 0.25) is 12.3 Å². The van der Waals surface area contributed by atoms with Crippen molar-refractivity contribution in [2.75, 3.05) is 13.2 Å². The number of carbonyl (C=O) groups is 1. The van der Waals surface area contributed by atoms with E-state index in [2.05, 4.69) is 11.6 Å². The molecule has 1 aliphatic carbocycles. The lowest BCUT2D eigenvalue weighted by Crippen LogP contribution is -2.54. The largest absolute Gasteiger partial charge is 0.492 e. The first-order valence-corrected chi connectivity index (χ1v) is 12.1. The van der Waals surface area contributed by atoms with Crippen molar-refractivity contribution in [3.05, 3.63) is 34.1 Å². The predicted molar refractivity (Wildman–Crippen MR) is 124 cm³/mol. The Morgan fingerprint density at radius 2 is 2.03 bits per heavy atom. The molecule has 3 rings (SSSR count). The number of aromatic nitrogens is 1. The van der Waals surface area contributed by atoms with Crippen LogP contribution < -0.4 is 0 Å². The number of rotatable bonds is 7. The van der Waals surface area contributed by atoms with Crippen LogP contribution in [0.1, 0.15) is 57.7 Å². The van der Waals surface area contributed by atoms with Gasteiger partial charge in [-0.25, -0.2) is 13.8 Å². The van der Waals surface area contributed by atoms with Crippen LogP contribution in [0.25, 0.3) is 5.76 Å². The summed E-state index contributed by atoms with van der Waals surface area (Å²) in [5.74, 6) is 0.153.